The van der Waals surface area contributed by atoms with Gasteiger partial charge in [-0.15, -0.1) is 6.58 Å². The molecule has 0 saturated heterocycles. The molecule has 124 valence electrons. The standard InChI is InChI=1S/C21H22O3/c1-3-4-14-20(19(22)24-2)15-16-10-8-9-13-18(16)21(20,23)17-11-6-5-7-12-17/h3,5-13,23H,1,4,14-15H2,2H3/t20-,21+/m1/s1. The summed E-state index contributed by atoms with van der Waals surface area (Å²) in [5.41, 5.74) is 0.00969. The number of fused-ring (bicyclic) bond motifs is 1. The van der Waals surface area contributed by atoms with Crippen LogP contribution in [0.1, 0.15) is 29.5 Å². The van der Waals surface area contributed by atoms with Crippen LogP contribution in [0.25, 0.3) is 0 Å². The van der Waals surface area contributed by atoms with E-state index >= 15 is 0 Å². The minimum absolute atomic E-state index is 0.382. The lowest BCUT2D eigenvalue weighted by atomic mass is 9.66. The van der Waals surface area contributed by atoms with Crippen molar-refractivity contribution in [1.29, 1.82) is 0 Å². The van der Waals surface area contributed by atoms with Crippen LogP contribution in [0.3, 0.4) is 0 Å². The van der Waals surface area contributed by atoms with Crippen LogP contribution in [0.15, 0.2) is 67.3 Å². The summed E-state index contributed by atoms with van der Waals surface area (Å²) in [6, 6.07) is 17.1. The van der Waals surface area contributed by atoms with Gasteiger partial charge in [0.25, 0.3) is 0 Å². The Morgan fingerprint density at radius 2 is 1.88 bits per heavy atom. The van der Waals surface area contributed by atoms with E-state index in [1.807, 2.05) is 54.6 Å². The first-order valence-corrected chi connectivity index (χ1v) is 8.16. The maximum atomic E-state index is 12.9. The SMILES string of the molecule is C=CCC[C@]1(C(=O)OC)Cc2ccccc2[C@@]1(O)c1ccccc1. The number of carbonyl (C=O) groups excluding carboxylic acids is 1. The number of esters is 1. The summed E-state index contributed by atoms with van der Waals surface area (Å²) >= 11 is 0. The lowest BCUT2D eigenvalue weighted by Gasteiger charge is -2.41. The Balaban J connectivity index is 2.28. The molecule has 2 aromatic rings. The molecule has 1 aliphatic rings. The Hall–Kier alpha value is -2.39. The predicted molar refractivity (Wildman–Crippen MR) is 93.5 cm³/mol. The van der Waals surface area contributed by atoms with E-state index in [0.717, 1.165) is 11.1 Å². The normalized spacial score (nSPS) is 25.1. The van der Waals surface area contributed by atoms with Crippen molar-refractivity contribution in [3.8, 4) is 0 Å². The molecule has 0 bridgehead atoms. The minimum atomic E-state index is -1.42. The topological polar surface area (TPSA) is 46.5 Å². The molecular weight excluding hydrogens is 300 g/mol. The molecule has 3 heteroatoms. The molecule has 0 saturated carbocycles. The quantitative estimate of drug-likeness (QED) is 0.676. The van der Waals surface area contributed by atoms with Gasteiger partial charge in [0.2, 0.25) is 0 Å². The van der Waals surface area contributed by atoms with Crippen molar-refractivity contribution in [3.63, 3.8) is 0 Å². The summed E-state index contributed by atoms with van der Waals surface area (Å²) in [5, 5.41) is 11.9. The highest BCUT2D eigenvalue weighted by Crippen LogP contribution is 2.56. The van der Waals surface area contributed by atoms with Gasteiger partial charge in [0.1, 0.15) is 11.0 Å². The Morgan fingerprint density at radius 1 is 1.21 bits per heavy atom. The van der Waals surface area contributed by atoms with Gasteiger partial charge in [-0.2, -0.15) is 0 Å². The molecule has 1 N–H and O–H groups in total. The smallest absolute Gasteiger partial charge is 0.315 e. The number of aliphatic hydroxyl groups is 1. The van der Waals surface area contributed by atoms with Gasteiger partial charge in [0, 0.05) is 0 Å². The first kappa shape index (κ1) is 16.5. The Bertz CT molecular complexity index is 753. The van der Waals surface area contributed by atoms with Crippen molar-refractivity contribution in [1.82, 2.24) is 0 Å². The molecule has 0 amide bonds. The van der Waals surface area contributed by atoms with Crippen molar-refractivity contribution in [2.24, 2.45) is 5.41 Å². The van der Waals surface area contributed by atoms with Crippen LogP contribution < -0.4 is 0 Å². The third kappa shape index (κ3) is 2.20. The molecule has 0 fully saturated rings. The zero-order valence-corrected chi connectivity index (χ0v) is 13.9. The number of rotatable bonds is 5. The van der Waals surface area contributed by atoms with Crippen molar-refractivity contribution < 1.29 is 14.6 Å². The molecule has 24 heavy (non-hydrogen) atoms. The number of benzene rings is 2. The maximum absolute atomic E-state index is 12.9. The summed E-state index contributed by atoms with van der Waals surface area (Å²) in [4.78, 5) is 12.9. The molecule has 0 aliphatic heterocycles. The fraction of sp³-hybridized carbons (Fsp3) is 0.286. The van der Waals surface area contributed by atoms with E-state index in [4.69, 9.17) is 4.74 Å². The van der Waals surface area contributed by atoms with Crippen LogP contribution in [0.4, 0.5) is 0 Å². The second kappa shape index (κ2) is 6.25. The van der Waals surface area contributed by atoms with E-state index in [-0.39, 0.29) is 5.97 Å². The van der Waals surface area contributed by atoms with Crippen molar-refractivity contribution >= 4 is 5.97 Å². The molecule has 3 rings (SSSR count). The summed E-state index contributed by atoms with van der Waals surface area (Å²) in [6.07, 6.45) is 3.33. The highest BCUT2D eigenvalue weighted by molar-refractivity contribution is 5.82. The van der Waals surface area contributed by atoms with E-state index in [9.17, 15) is 9.90 Å². The van der Waals surface area contributed by atoms with Crippen LogP contribution in [-0.4, -0.2) is 18.2 Å². The molecule has 1 aliphatic carbocycles. The third-order valence-electron chi connectivity index (χ3n) is 5.13. The molecule has 0 aromatic heterocycles. The number of ether oxygens (including phenoxy) is 1. The molecule has 2 atom stereocenters. The lowest BCUT2D eigenvalue weighted by molar-refractivity contribution is -0.168. The van der Waals surface area contributed by atoms with Crippen LogP contribution in [-0.2, 0) is 21.6 Å². The van der Waals surface area contributed by atoms with Crippen molar-refractivity contribution in [3.05, 3.63) is 83.9 Å². The van der Waals surface area contributed by atoms with Crippen LogP contribution in [0.5, 0.6) is 0 Å². The molecule has 0 unspecified atom stereocenters. The van der Waals surface area contributed by atoms with E-state index in [2.05, 4.69) is 6.58 Å². The second-order valence-electron chi connectivity index (χ2n) is 6.31. The predicted octanol–water partition coefficient (Wildman–Crippen LogP) is 3.60. The van der Waals surface area contributed by atoms with Crippen LogP contribution in [0.2, 0.25) is 0 Å². The maximum Gasteiger partial charge on any atom is 0.315 e. The molecule has 2 aromatic carbocycles. The Morgan fingerprint density at radius 3 is 2.54 bits per heavy atom. The van der Waals surface area contributed by atoms with E-state index in [1.165, 1.54) is 7.11 Å². The van der Waals surface area contributed by atoms with E-state index in [0.29, 0.717) is 24.8 Å². The summed E-state index contributed by atoms with van der Waals surface area (Å²) < 4.78 is 5.15. The number of allylic oxidation sites excluding steroid dienone is 1. The van der Waals surface area contributed by atoms with Crippen molar-refractivity contribution in [2.75, 3.05) is 7.11 Å². The van der Waals surface area contributed by atoms with Gasteiger partial charge in [-0.1, -0.05) is 60.7 Å². The lowest BCUT2D eigenvalue weighted by Crippen LogP contribution is -2.50. The zero-order valence-electron chi connectivity index (χ0n) is 13.9. The fourth-order valence-electron chi connectivity index (χ4n) is 3.98. The van der Waals surface area contributed by atoms with Gasteiger partial charge in [0.05, 0.1) is 7.11 Å². The zero-order chi connectivity index (χ0) is 17.2. The molecule has 0 radical (unpaired) electrons. The summed E-state index contributed by atoms with van der Waals surface area (Å²) in [6.45, 7) is 3.77. The van der Waals surface area contributed by atoms with Gasteiger partial charge in [-0.05, 0) is 36.0 Å². The summed E-state index contributed by atoms with van der Waals surface area (Å²) in [5.74, 6) is -0.382. The second-order valence-corrected chi connectivity index (χ2v) is 6.31. The minimum Gasteiger partial charge on any atom is -0.468 e. The van der Waals surface area contributed by atoms with E-state index < -0.39 is 11.0 Å². The molecule has 0 spiro atoms. The largest absolute Gasteiger partial charge is 0.468 e. The molecular formula is C21H22O3. The average molecular weight is 322 g/mol. The first-order chi connectivity index (χ1) is 11.6. The third-order valence-corrected chi connectivity index (χ3v) is 5.13. The highest BCUT2D eigenvalue weighted by atomic mass is 16.5. The first-order valence-electron chi connectivity index (χ1n) is 8.16. The van der Waals surface area contributed by atoms with Gasteiger partial charge >= 0.3 is 5.97 Å². The number of carbonyl (C=O) groups is 1. The van der Waals surface area contributed by atoms with Gasteiger partial charge < -0.3 is 9.84 Å². The number of hydrogen-bond donors (Lipinski definition) is 1. The van der Waals surface area contributed by atoms with Crippen molar-refractivity contribution in [2.45, 2.75) is 24.9 Å². The molecule has 0 heterocycles. The summed E-state index contributed by atoms with van der Waals surface area (Å²) in [7, 11) is 1.38. The Labute approximate surface area is 142 Å². The van der Waals surface area contributed by atoms with Gasteiger partial charge in [0.15, 0.2) is 0 Å². The van der Waals surface area contributed by atoms with Gasteiger partial charge in [-0.25, -0.2) is 0 Å². The Kier molecular flexibility index (Phi) is 4.29. The highest BCUT2D eigenvalue weighted by Gasteiger charge is 2.62. The van der Waals surface area contributed by atoms with E-state index in [1.54, 1.807) is 6.08 Å². The van der Waals surface area contributed by atoms with Crippen LogP contribution >= 0.6 is 0 Å². The fourth-order valence-corrected chi connectivity index (χ4v) is 3.98. The monoisotopic (exact) mass is 322 g/mol. The average Bonchev–Trinajstić information content (AvgIpc) is 2.91. The molecule has 3 nitrogen and oxygen atoms in total. The number of methoxy groups -OCH3 is 1. The number of hydrogen-bond acceptors (Lipinski definition) is 3. The van der Waals surface area contributed by atoms with Crippen LogP contribution in [0, 0.1) is 5.41 Å². The van der Waals surface area contributed by atoms with Gasteiger partial charge in [-0.3, -0.25) is 4.79 Å².